The molecule has 1 saturated carbocycles. The van der Waals surface area contributed by atoms with E-state index in [2.05, 4.69) is 30.2 Å². The highest BCUT2D eigenvalue weighted by molar-refractivity contribution is 8.07. The number of hydrogen-bond donors (Lipinski definition) is 4. The zero-order valence-corrected chi connectivity index (χ0v) is 35.8. The third kappa shape index (κ3) is 10.3. The van der Waals surface area contributed by atoms with Gasteiger partial charge in [-0.1, -0.05) is 34.6 Å². The molecule has 306 valence electrons. The van der Waals surface area contributed by atoms with E-state index < -0.39 is 83.4 Å². The van der Waals surface area contributed by atoms with E-state index in [-0.39, 0.29) is 54.1 Å². The minimum absolute atomic E-state index is 0.0333. The van der Waals surface area contributed by atoms with E-state index in [0.717, 1.165) is 0 Å². The first-order valence-corrected chi connectivity index (χ1v) is 24.8. The Kier molecular flexibility index (Phi) is 14.3. The van der Waals surface area contributed by atoms with Crippen LogP contribution < -0.4 is 15.6 Å². The fourth-order valence-corrected chi connectivity index (χ4v) is 10.5. The largest absolute Gasteiger partial charge is 0.509 e. The fourth-order valence-electron chi connectivity index (χ4n) is 6.04. The first-order valence-electron chi connectivity index (χ1n) is 18.1. The maximum atomic E-state index is 13.1. The number of nitrogens with one attached hydrogen (secondary N) is 2. The third-order valence-electron chi connectivity index (χ3n) is 10.1. The van der Waals surface area contributed by atoms with E-state index in [1.807, 2.05) is 39.9 Å². The summed E-state index contributed by atoms with van der Waals surface area (Å²) in [5, 5.41) is 22.3. The van der Waals surface area contributed by atoms with Crippen LogP contribution >= 0.6 is 14.7 Å². The Balaban J connectivity index is 1.52. The van der Waals surface area contributed by atoms with Crippen molar-refractivity contribution >= 4 is 57.9 Å². The van der Waals surface area contributed by atoms with Crippen LogP contribution in [0.5, 0.6) is 5.88 Å². The molecule has 2 fully saturated rings. The van der Waals surface area contributed by atoms with Gasteiger partial charge in [-0.2, -0.15) is 15.1 Å². The molecule has 0 bridgehead atoms. The Bertz CT molecular complexity index is 2010. The summed E-state index contributed by atoms with van der Waals surface area (Å²) in [6, 6.07) is 3.60. The highest BCUT2D eigenvalue weighted by Crippen LogP contribution is 2.56. The number of aliphatic hydroxyl groups is 1. The predicted molar refractivity (Wildman–Crippen MR) is 209 cm³/mol. The molecule has 9 atom stereocenters. The van der Waals surface area contributed by atoms with E-state index in [0.29, 0.717) is 12.3 Å². The molecule has 1 amide bonds. The van der Waals surface area contributed by atoms with Crippen LogP contribution in [0.3, 0.4) is 0 Å². The predicted octanol–water partition coefficient (Wildman–Crippen LogP) is 4.30. The minimum atomic E-state index is -3.88. The van der Waals surface area contributed by atoms with Gasteiger partial charge in [0.2, 0.25) is 17.7 Å². The van der Waals surface area contributed by atoms with Crippen molar-refractivity contribution in [1.82, 2.24) is 29.5 Å². The number of aromatic nitrogens is 6. The number of aliphatic hydroxyl groups excluding tert-OH is 1. The van der Waals surface area contributed by atoms with E-state index in [1.165, 1.54) is 23.4 Å². The van der Waals surface area contributed by atoms with Gasteiger partial charge in [0.1, 0.15) is 30.7 Å². The standard InChI is InChI=1S/C33H48N8O11P2SSi/c1-19(2)29(43)39-32-38-28-25(30(44)40-32)37-18-41(28)31-27(26(22(15-42)50-31)52-56(6,7)33(3,4)5)51-54(55,47-12-8-10-34)48-16-20-13-21(14-23(20)53(45)46)49-24-9-11-35-17-36-24/h9,11,17-23,26-27,31,42H,8,12-16H2,1-7H3,(H2-,38,39,40,43,44,45,46)/p+1/t20-,21-,22-,23+,26?,27-,31-,54?/m1/s1. The third-order valence-corrected chi connectivity index (χ3v) is 18.1. The topological polar surface area (TPSA) is 255 Å². The molecule has 0 aromatic carbocycles. The van der Waals surface area contributed by atoms with Gasteiger partial charge >= 0.3 is 14.7 Å². The normalized spacial score (nSPS) is 25.6. The lowest BCUT2D eigenvalue weighted by Crippen LogP contribution is -2.50. The van der Waals surface area contributed by atoms with E-state index in [4.69, 9.17) is 39.3 Å². The second-order valence-electron chi connectivity index (χ2n) is 15.4. The number of H-pyrrole nitrogens is 1. The van der Waals surface area contributed by atoms with Crippen LogP contribution in [0.15, 0.2) is 29.7 Å². The van der Waals surface area contributed by atoms with Crippen LogP contribution in [0.2, 0.25) is 18.1 Å². The average molecular weight is 856 g/mol. The minimum Gasteiger partial charge on any atom is -0.474 e. The molecule has 1 aliphatic carbocycles. The molecule has 19 nitrogen and oxygen atoms in total. The van der Waals surface area contributed by atoms with Crippen molar-refractivity contribution in [3.05, 3.63) is 35.3 Å². The second-order valence-corrected chi connectivity index (χ2v) is 24.4. The van der Waals surface area contributed by atoms with Gasteiger partial charge in [0.15, 0.2) is 31.4 Å². The van der Waals surface area contributed by atoms with Gasteiger partial charge in [-0.05, 0) is 40.9 Å². The van der Waals surface area contributed by atoms with Crippen molar-refractivity contribution < 1.29 is 46.8 Å². The molecule has 1 aliphatic heterocycles. The number of nitrogens with zero attached hydrogens (tertiary/aromatic N) is 6. The Morgan fingerprint density at radius 2 is 2.02 bits per heavy atom. The molecule has 3 unspecified atom stereocenters. The van der Waals surface area contributed by atoms with Crippen LogP contribution in [0.25, 0.3) is 11.2 Å². The van der Waals surface area contributed by atoms with Crippen molar-refractivity contribution in [2.45, 2.75) is 108 Å². The Morgan fingerprint density at radius 3 is 2.64 bits per heavy atom. The van der Waals surface area contributed by atoms with Crippen molar-refractivity contribution in [1.29, 1.82) is 5.26 Å². The number of carbonyl (C=O) groups excluding carboxylic acids is 1. The summed E-state index contributed by atoms with van der Waals surface area (Å²) in [5.74, 6) is -1.09. The summed E-state index contributed by atoms with van der Waals surface area (Å²) in [7, 11) is -5.28. The molecular formula is C33H49N8O11P2SSi+. The zero-order chi connectivity index (χ0) is 41.0. The van der Waals surface area contributed by atoms with Crippen LogP contribution in [0.1, 0.15) is 60.1 Å². The number of carbonyl (C=O) groups is 1. The number of hydrogen-bond acceptors (Lipinski definition) is 16. The molecule has 3 aromatic rings. The maximum absolute atomic E-state index is 13.1. The number of rotatable bonds is 17. The number of fused-ring (bicyclic) bond motifs is 1. The number of amides is 1. The molecule has 2 aliphatic rings. The van der Waals surface area contributed by atoms with Gasteiger partial charge in [-0.25, -0.2) is 15.0 Å². The molecule has 4 N–H and O–H groups in total. The molecule has 23 heteroatoms. The molecule has 56 heavy (non-hydrogen) atoms. The van der Waals surface area contributed by atoms with E-state index in [9.17, 15) is 29.4 Å². The first kappa shape index (κ1) is 44.0. The Hall–Kier alpha value is -3.12. The SMILES string of the molecule is CC(C)C(=O)Nc1nc2c(ncn2[C@@H]2O[C@H](CO)C(O[Si](C)(C)C(C)(C)C)[C@H]2OP(=S)(OCCC#N)OC[C@H]2C[C@@H](Oc3ccncn3)C[C@@H]2[P+](=O)O)c(=O)[nH]1. The van der Waals surface area contributed by atoms with E-state index >= 15 is 0 Å². The Labute approximate surface area is 331 Å². The summed E-state index contributed by atoms with van der Waals surface area (Å²) >= 11 is 6.01. The Morgan fingerprint density at radius 1 is 1.27 bits per heavy atom. The van der Waals surface area contributed by atoms with Crippen LogP contribution in [-0.4, -0.2) is 104 Å². The molecule has 5 rings (SSSR count). The number of ether oxygens (including phenoxy) is 2. The van der Waals surface area contributed by atoms with Gasteiger partial charge in [0.25, 0.3) is 5.56 Å². The van der Waals surface area contributed by atoms with Crippen molar-refractivity contribution in [3.8, 4) is 11.9 Å². The number of aromatic amines is 1. The van der Waals surface area contributed by atoms with E-state index in [1.54, 1.807) is 19.9 Å². The van der Waals surface area contributed by atoms with Gasteiger partial charge in [0.05, 0.1) is 38.6 Å². The smallest absolute Gasteiger partial charge is 0.474 e. The highest BCUT2D eigenvalue weighted by atomic mass is 32.5. The van der Waals surface area contributed by atoms with Crippen molar-refractivity contribution in [2.75, 3.05) is 25.1 Å². The van der Waals surface area contributed by atoms with Crippen molar-refractivity contribution in [3.63, 3.8) is 0 Å². The maximum Gasteiger partial charge on any atom is 0.509 e. The summed E-state index contributed by atoms with van der Waals surface area (Å²) in [5.41, 5.74) is -1.36. The van der Waals surface area contributed by atoms with Gasteiger partial charge < -0.3 is 28.1 Å². The lowest BCUT2D eigenvalue weighted by atomic mass is 10.1. The number of anilines is 1. The highest BCUT2D eigenvalue weighted by Gasteiger charge is 2.54. The molecule has 4 heterocycles. The average Bonchev–Trinajstić information content (AvgIpc) is 3.83. The fraction of sp³-hybridized carbons (Fsp3) is 0.667. The van der Waals surface area contributed by atoms with Gasteiger partial charge in [-0.15, -0.1) is 0 Å². The molecule has 0 radical (unpaired) electrons. The van der Waals surface area contributed by atoms with Crippen LogP contribution in [0.4, 0.5) is 5.95 Å². The monoisotopic (exact) mass is 855 g/mol. The van der Waals surface area contributed by atoms with Crippen LogP contribution in [0, 0.1) is 23.2 Å². The second kappa shape index (κ2) is 18.2. The molecule has 3 aromatic heterocycles. The summed E-state index contributed by atoms with van der Waals surface area (Å²) in [4.78, 5) is 55.2. The first-order chi connectivity index (χ1) is 26.4. The molecule has 1 saturated heterocycles. The quantitative estimate of drug-likeness (QED) is 0.0838. The van der Waals surface area contributed by atoms with Gasteiger partial charge in [0, 0.05) is 30.5 Å². The lowest BCUT2D eigenvalue weighted by Gasteiger charge is -2.41. The summed E-state index contributed by atoms with van der Waals surface area (Å²) < 4.78 is 52.3. The number of nitriles is 1. The summed E-state index contributed by atoms with van der Waals surface area (Å²) in [6.07, 6.45) is -0.0189. The van der Waals surface area contributed by atoms with Crippen molar-refractivity contribution in [2.24, 2.45) is 11.8 Å². The van der Waals surface area contributed by atoms with Gasteiger partial charge in [-0.3, -0.25) is 29.0 Å². The van der Waals surface area contributed by atoms with Crippen LogP contribution in [-0.2, 0) is 43.9 Å². The zero-order valence-electron chi connectivity index (χ0n) is 32.2. The lowest BCUT2D eigenvalue weighted by molar-refractivity contribution is -0.118. The summed E-state index contributed by atoms with van der Waals surface area (Å²) in [6.45, 7) is 8.88. The molecular weight excluding hydrogens is 807 g/mol. The number of imidazole rings is 1. The molecule has 0 spiro atoms.